The fourth-order valence-electron chi connectivity index (χ4n) is 2.91. The summed E-state index contributed by atoms with van der Waals surface area (Å²) in [5, 5.41) is 15.3. The fourth-order valence-corrected chi connectivity index (χ4v) is 2.91. The van der Waals surface area contributed by atoms with Gasteiger partial charge in [0.1, 0.15) is 5.82 Å². The second kappa shape index (κ2) is 6.82. The minimum absolute atomic E-state index is 0.0917. The van der Waals surface area contributed by atoms with Gasteiger partial charge in [0.2, 0.25) is 5.89 Å². The van der Waals surface area contributed by atoms with Crippen molar-refractivity contribution in [1.82, 2.24) is 25.2 Å². The van der Waals surface area contributed by atoms with E-state index in [0.29, 0.717) is 25.0 Å². The summed E-state index contributed by atoms with van der Waals surface area (Å²) >= 11 is 0. The van der Waals surface area contributed by atoms with Gasteiger partial charge in [-0.05, 0) is 31.9 Å². The Bertz CT molecular complexity index is 660. The summed E-state index contributed by atoms with van der Waals surface area (Å²) in [7, 11) is 0. The van der Waals surface area contributed by atoms with Gasteiger partial charge in [0.05, 0.1) is 18.8 Å². The molecule has 8 heteroatoms. The molecule has 0 unspecified atom stereocenters. The summed E-state index contributed by atoms with van der Waals surface area (Å²) in [6, 6.07) is 3.86. The first-order valence-corrected chi connectivity index (χ1v) is 8.50. The molecule has 0 spiro atoms. The number of hydrogen-bond acceptors (Lipinski definition) is 8. The van der Waals surface area contributed by atoms with Gasteiger partial charge in [-0.1, -0.05) is 5.16 Å². The molecule has 24 heavy (non-hydrogen) atoms. The minimum atomic E-state index is 0.0917. The predicted octanol–water partition coefficient (Wildman–Crippen LogP) is 1.61. The van der Waals surface area contributed by atoms with E-state index < -0.39 is 0 Å². The Kier molecular flexibility index (Phi) is 4.40. The molecule has 0 aromatic carbocycles. The lowest BCUT2D eigenvalue weighted by atomic mass is 10.2. The zero-order chi connectivity index (χ0) is 16.4. The van der Waals surface area contributed by atoms with Crippen molar-refractivity contribution in [2.24, 2.45) is 0 Å². The van der Waals surface area contributed by atoms with Crippen LogP contribution in [0.3, 0.4) is 0 Å². The van der Waals surface area contributed by atoms with Crippen molar-refractivity contribution in [3.05, 3.63) is 30.0 Å². The second-order valence-electron chi connectivity index (χ2n) is 6.42. The van der Waals surface area contributed by atoms with Gasteiger partial charge < -0.3 is 14.6 Å². The molecule has 8 nitrogen and oxygen atoms in total. The maximum atomic E-state index is 5.85. The largest absolute Gasteiger partial charge is 0.374 e. The number of aromatic nitrogens is 4. The number of hydrogen-bond donors (Lipinski definition) is 1. The maximum Gasteiger partial charge on any atom is 0.243 e. The molecule has 2 aromatic rings. The number of ether oxygens (including phenoxy) is 1. The Balaban J connectivity index is 1.33. The summed E-state index contributed by atoms with van der Waals surface area (Å²) in [4.78, 5) is 6.90. The van der Waals surface area contributed by atoms with Crippen LogP contribution >= 0.6 is 0 Å². The van der Waals surface area contributed by atoms with Crippen LogP contribution in [-0.4, -0.2) is 57.6 Å². The predicted molar refractivity (Wildman–Crippen MR) is 86.5 cm³/mol. The Hall–Kier alpha value is -2.06. The molecule has 2 atom stereocenters. The topological polar surface area (TPSA) is 89.2 Å². The zero-order valence-corrected chi connectivity index (χ0v) is 13.8. The molecule has 2 fully saturated rings. The van der Waals surface area contributed by atoms with E-state index >= 15 is 0 Å². The second-order valence-corrected chi connectivity index (χ2v) is 6.42. The lowest BCUT2D eigenvalue weighted by Gasteiger charge is -2.35. The highest BCUT2D eigenvalue weighted by atomic mass is 16.5. The molecule has 1 aliphatic heterocycles. The molecule has 2 aliphatic rings. The Morgan fingerprint density at radius 1 is 1.42 bits per heavy atom. The summed E-state index contributed by atoms with van der Waals surface area (Å²) in [5.74, 6) is 2.85. The molecule has 1 saturated heterocycles. The molecule has 4 rings (SSSR count). The van der Waals surface area contributed by atoms with Gasteiger partial charge in [-0.3, -0.25) is 4.90 Å². The zero-order valence-electron chi connectivity index (χ0n) is 13.8. The van der Waals surface area contributed by atoms with Crippen LogP contribution < -0.4 is 5.32 Å². The van der Waals surface area contributed by atoms with Crippen LogP contribution in [0.1, 0.15) is 43.4 Å². The first-order valence-electron chi connectivity index (χ1n) is 8.50. The standard InChI is InChI=1S/C16H22N6O2/c1-11(16-19-15(21-24-16)12-4-5-12)22-7-8-23-13(10-22)9-17-14-3-2-6-18-20-14/h2-3,6,11-13H,4-5,7-10H2,1H3,(H,17,20)/t11-,13-/m0/s1. The summed E-state index contributed by atoms with van der Waals surface area (Å²) in [5.41, 5.74) is 0. The van der Waals surface area contributed by atoms with Crippen LogP contribution in [0, 0.1) is 0 Å². The Morgan fingerprint density at radius 3 is 3.12 bits per heavy atom. The van der Waals surface area contributed by atoms with Gasteiger partial charge in [-0.15, -0.1) is 5.10 Å². The molecular formula is C16H22N6O2. The van der Waals surface area contributed by atoms with Crippen LogP contribution in [0.15, 0.2) is 22.9 Å². The molecule has 128 valence electrons. The highest BCUT2D eigenvalue weighted by Crippen LogP contribution is 2.38. The van der Waals surface area contributed by atoms with E-state index in [4.69, 9.17) is 9.26 Å². The quantitative estimate of drug-likeness (QED) is 0.854. The molecular weight excluding hydrogens is 308 g/mol. The average molecular weight is 330 g/mol. The molecule has 0 bridgehead atoms. The smallest absolute Gasteiger partial charge is 0.243 e. The van der Waals surface area contributed by atoms with Crippen LogP contribution in [-0.2, 0) is 4.74 Å². The molecule has 1 saturated carbocycles. The fraction of sp³-hybridized carbons (Fsp3) is 0.625. The van der Waals surface area contributed by atoms with Gasteiger partial charge in [0.15, 0.2) is 5.82 Å². The normalized spacial score (nSPS) is 23.1. The SMILES string of the molecule is C[C@@H](c1nc(C2CC2)no1)N1CCO[C@@H](CNc2cccnn2)C1. The van der Waals surface area contributed by atoms with E-state index in [1.807, 2.05) is 12.1 Å². The van der Waals surface area contributed by atoms with Gasteiger partial charge >= 0.3 is 0 Å². The van der Waals surface area contributed by atoms with E-state index in [0.717, 1.165) is 24.7 Å². The first-order chi connectivity index (χ1) is 11.8. The van der Waals surface area contributed by atoms with E-state index in [1.165, 1.54) is 12.8 Å². The monoisotopic (exact) mass is 330 g/mol. The summed E-state index contributed by atoms with van der Waals surface area (Å²) in [6.45, 7) is 5.18. The highest BCUT2D eigenvalue weighted by molar-refractivity contribution is 5.31. The number of rotatable bonds is 6. The number of anilines is 1. The van der Waals surface area contributed by atoms with Crippen molar-refractivity contribution in [3.8, 4) is 0 Å². The first kappa shape index (κ1) is 15.5. The lowest BCUT2D eigenvalue weighted by Crippen LogP contribution is -2.46. The van der Waals surface area contributed by atoms with Gasteiger partial charge in [0.25, 0.3) is 0 Å². The van der Waals surface area contributed by atoms with Crippen molar-refractivity contribution in [2.75, 3.05) is 31.6 Å². The molecule has 1 N–H and O–H groups in total. The minimum Gasteiger partial charge on any atom is -0.374 e. The van der Waals surface area contributed by atoms with E-state index in [-0.39, 0.29) is 12.1 Å². The third-order valence-corrected chi connectivity index (χ3v) is 4.56. The van der Waals surface area contributed by atoms with Crippen LogP contribution in [0.2, 0.25) is 0 Å². The van der Waals surface area contributed by atoms with Crippen molar-refractivity contribution in [1.29, 1.82) is 0 Å². The Morgan fingerprint density at radius 2 is 2.33 bits per heavy atom. The van der Waals surface area contributed by atoms with Crippen LogP contribution in [0.25, 0.3) is 0 Å². The summed E-state index contributed by atoms with van der Waals surface area (Å²) < 4.78 is 11.3. The third kappa shape index (κ3) is 3.54. The van der Waals surface area contributed by atoms with Crippen LogP contribution in [0.5, 0.6) is 0 Å². The van der Waals surface area contributed by atoms with Crippen molar-refractivity contribution >= 4 is 5.82 Å². The van der Waals surface area contributed by atoms with E-state index in [1.54, 1.807) is 6.20 Å². The number of nitrogens with one attached hydrogen (secondary N) is 1. The number of morpholine rings is 1. The third-order valence-electron chi connectivity index (χ3n) is 4.56. The molecule has 3 heterocycles. The number of nitrogens with zero attached hydrogens (tertiary/aromatic N) is 5. The van der Waals surface area contributed by atoms with Gasteiger partial charge in [-0.2, -0.15) is 10.1 Å². The van der Waals surface area contributed by atoms with Crippen LogP contribution in [0.4, 0.5) is 5.82 Å². The van der Waals surface area contributed by atoms with Gasteiger partial charge in [0, 0.05) is 31.7 Å². The summed E-state index contributed by atoms with van der Waals surface area (Å²) in [6.07, 6.45) is 4.11. The molecule has 0 radical (unpaired) electrons. The van der Waals surface area contributed by atoms with E-state index in [9.17, 15) is 0 Å². The van der Waals surface area contributed by atoms with E-state index in [2.05, 4.69) is 37.5 Å². The Labute approximate surface area is 140 Å². The lowest BCUT2D eigenvalue weighted by molar-refractivity contribution is -0.0386. The highest BCUT2D eigenvalue weighted by Gasteiger charge is 2.32. The van der Waals surface area contributed by atoms with Crippen molar-refractivity contribution < 1.29 is 9.26 Å². The average Bonchev–Trinajstić information content (AvgIpc) is 3.37. The van der Waals surface area contributed by atoms with Crippen molar-refractivity contribution in [3.63, 3.8) is 0 Å². The maximum absolute atomic E-state index is 5.85. The molecule has 0 amide bonds. The molecule has 2 aromatic heterocycles. The van der Waals surface area contributed by atoms with Gasteiger partial charge in [-0.25, -0.2) is 0 Å². The molecule has 1 aliphatic carbocycles. The van der Waals surface area contributed by atoms with Crippen molar-refractivity contribution in [2.45, 2.75) is 37.8 Å².